The normalized spacial score (nSPS) is 19.1. The molecule has 22 heavy (non-hydrogen) atoms. The lowest BCUT2D eigenvalue weighted by Crippen LogP contribution is -2.43. The summed E-state index contributed by atoms with van der Waals surface area (Å²) >= 11 is 5.14. The van der Waals surface area contributed by atoms with Crippen LogP contribution >= 0.6 is 27.7 Å². The molecule has 1 aliphatic heterocycles. The fourth-order valence-corrected chi connectivity index (χ4v) is 3.84. The van der Waals surface area contributed by atoms with Crippen LogP contribution in [0.4, 0.5) is 4.79 Å². The maximum Gasteiger partial charge on any atom is 0.410 e. The maximum atomic E-state index is 12.2. The number of hydrogen-bond acceptors (Lipinski definition) is 4. The molecule has 0 aliphatic carbocycles. The monoisotopic (exact) mass is 386 g/mol. The zero-order valence-electron chi connectivity index (χ0n) is 13.3. The number of likely N-dealkylation sites (tertiary alicyclic amines) is 1. The molecular formula is C16H23BrN2O2S. The second kappa shape index (κ2) is 7.68. The maximum absolute atomic E-state index is 12.2. The van der Waals surface area contributed by atoms with E-state index in [1.54, 1.807) is 11.8 Å². The third kappa shape index (κ3) is 5.80. The lowest BCUT2D eigenvalue weighted by atomic mass is 10.0. The average molecular weight is 387 g/mol. The first kappa shape index (κ1) is 17.6. The van der Waals surface area contributed by atoms with Crippen molar-refractivity contribution < 1.29 is 9.53 Å². The number of halogens is 1. The van der Waals surface area contributed by atoms with E-state index in [4.69, 9.17) is 4.74 Å². The van der Waals surface area contributed by atoms with Crippen molar-refractivity contribution in [1.82, 2.24) is 9.88 Å². The standard InChI is InChI=1S/C16H23BrN2O2S/c1-16(2,3)21-15(20)19-9-5-6-12(10-19)11-22-14-8-4-7-13(17)18-14/h4,7-8,12H,5-6,9-11H2,1-3H3/t12-/m0/s1. The molecule has 1 aromatic rings. The number of thioether (sulfide) groups is 1. The van der Waals surface area contributed by atoms with Gasteiger partial charge in [-0.2, -0.15) is 0 Å². The SMILES string of the molecule is CC(C)(C)OC(=O)N1CCC[C@H](CSc2cccc(Br)n2)C1. The smallest absolute Gasteiger partial charge is 0.410 e. The molecule has 1 saturated heterocycles. The summed E-state index contributed by atoms with van der Waals surface area (Å²) in [6.07, 6.45) is 2.00. The van der Waals surface area contributed by atoms with Gasteiger partial charge in [0, 0.05) is 18.8 Å². The van der Waals surface area contributed by atoms with Crippen LogP contribution in [-0.4, -0.2) is 40.4 Å². The Labute approximate surface area is 145 Å². The highest BCUT2D eigenvalue weighted by Gasteiger charge is 2.27. The summed E-state index contributed by atoms with van der Waals surface area (Å²) in [6, 6.07) is 5.94. The van der Waals surface area contributed by atoms with Gasteiger partial charge in [0.15, 0.2) is 0 Å². The molecule has 0 bridgehead atoms. The zero-order valence-corrected chi connectivity index (χ0v) is 15.7. The Bertz CT molecular complexity index is 519. The van der Waals surface area contributed by atoms with Gasteiger partial charge < -0.3 is 9.64 Å². The predicted octanol–water partition coefficient (Wildman–Crippen LogP) is 4.58. The van der Waals surface area contributed by atoms with E-state index >= 15 is 0 Å². The number of carbonyl (C=O) groups is 1. The first-order chi connectivity index (χ1) is 10.3. The van der Waals surface area contributed by atoms with E-state index in [9.17, 15) is 4.79 Å². The third-order valence-corrected chi connectivity index (χ3v) is 4.93. The lowest BCUT2D eigenvalue weighted by molar-refractivity contribution is 0.0177. The molecule has 0 saturated carbocycles. The number of amides is 1. The number of ether oxygens (including phenoxy) is 1. The van der Waals surface area contributed by atoms with Crippen molar-refractivity contribution in [3.63, 3.8) is 0 Å². The van der Waals surface area contributed by atoms with Gasteiger partial charge in [0.05, 0.1) is 5.03 Å². The van der Waals surface area contributed by atoms with E-state index in [1.165, 1.54) is 0 Å². The van der Waals surface area contributed by atoms with Gasteiger partial charge in [-0.3, -0.25) is 0 Å². The minimum atomic E-state index is -0.432. The van der Waals surface area contributed by atoms with Crippen molar-refractivity contribution >= 4 is 33.8 Å². The van der Waals surface area contributed by atoms with Crippen molar-refractivity contribution in [3.05, 3.63) is 22.8 Å². The van der Waals surface area contributed by atoms with E-state index < -0.39 is 5.60 Å². The van der Waals surface area contributed by atoms with Crippen LogP contribution in [0.25, 0.3) is 0 Å². The summed E-state index contributed by atoms with van der Waals surface area (Å²) < 4.78 is 6.32. The van der Waals surface area contributed by atoms with Crippen LogP contribution in [0.5, 0.6) is 0 Å². The molecule has 2 rings (SSSR count). The average Bonchev–Trinajstić information content (AvgIpc) is 2.44. The summed E-state index contributed by atoms with van der Waals surface area (Å²) in [6.45, 7) is 7.28. The minimum absolute atomic E-state index is 0.192. The van der Waals surface area contributed by atoms with Crippen molar-refractivity contribution in [2.75, 3.05) is 18.8 Å². The molecule has 6 heteroatoms. The molecule has 4 nitrogen and oxygen atoms in total. The molecule has 0 aromatic carbocycles. The van der Waals surface area contributed by atoms with Crippen LogP contribution in [0, 0.1) is 5.92 Å². The highest BCUT2D eigenvalue weighted by Crippen LogP contribution is 2.26. The number of aromatic nitrogens is 1. The first-order valence-corrected chi connectivity index (χ1v) is 9.34. The Kier molecular flexibility index (Phi) is 6.15. The largest absolute Gasteiger partial charge is 0.444 e. The summed E-state index contributed by atoms with van der Waals surface area (Å²) in [4.78, 5) is 18.4. The molecule has 1 atom stereocenters. The molecule has 0 N–H and O–H groups in total. The molecular weight excluding hydrogens is 364 g/mol. The van der Waals surface area contributed by atoms with Crippen molar-refractivity contribution in [3.8, 4) is 0 Å². The van der Waals surface area contributed by atoms with E-state index in [0.29, 0.717) is 5.92 Å². The molecule has 0 radical (unpaired) electrons. The lowest BCUT2D eigenvalue weighted by Gasteiger charge is -2.34. The molecule has 1 amide bonds. The Morgan fingerprint density at radius 1 is 1.50 bits per heavy atom. The van der Waals surface area contributed by atoms with Crippen LogP contribution in [0.3, 0.4) is 0 Å². The summed E-state index contributed by atoms with van der Waals surface area (Å²) in [5, 5.41) is 1.02. The fraction of sp³-hybridized carbons (Fsp3) is 0.625. The second-order valence-electron chi connectivity index (χ2n) is 6.54. The Morgan fingerprint density at radius 2 is 2.27 bits per heavy atom. The third-order valence-electron chi connectivity index (χ3n) is 3.33. The van der Waals surface area contributed by atoms with Crippen LogP contribution < -0.4 is 0 Å². The zero-order chi connectivity index (χ0) is 16.2. The predicted molar refractivity (Wildman–Crippen MR) is 93.2 cm³/mol. The van der Waals surface area contributed by atoms with Crippen LogP contribution in [0.1, 0.15) is 33.6 Å². The van der Waals surface area contributed by atoms with Gasteiger partial charge in [0.1, 0.15) is 10.2 Å². The quantitative estimate of drug-likeness (QED) is 0.562. The van der Waals surface area contributed by atoms with Crippen molar-refractivity contribution in [2.45, 2.75) is 44.2 Å². The first-order valence-electron chi connectivity index (χ1n) is 7.57. The number of pyridine rings is 1. The highest BCUT2D eigenvalue weighted by atomic mass is 79.9. The van der Waals surface area contributed by atoms with Gasteiger partial charge in [0.2, 0.25) is 0 Å². The van der Waals surface area contributed by atoms with Gasteiger partial charge in [0.25, 0.3) is 0 Å². The fourth-order valence-electron chi connectivity index (χ4n) is 2.37. The number of piperidine rings is 1. The van der Waals surface area contributed by atoms with E-state index in [0.717, 1.165) is 41.3 Å². The van der Waals surface area contributed by atoms with Gasteiger partial charge in [-0.05, 0) is 67.6 Å². The van der Waals surface area contributed by atoms with Gasteiger partial charge in [-0.15, -0.1) is 11.8 Å². The second-order valence-corrected chi connectivity index (χ2v) is 8.40. The minimum Gasteiger partial charge on any atom is -0.444 e. The van der Waals surface area contributed by atoms with Gasteiger partial charge >= 0.3 is 6.09 Å². The van der Waals surface area contributed by atoms with E-state index in [2.05, 4.69) is 20.9 Å². The van der Waals surface area contributed by atoms with Crippen LogP contribution in [-0.2, 0) is 4.74 Å². The highest BCUT2D eigenvalue weighted by molar-refractivity contribution is 9.10. The van der Waals surface area contributed by atoms with Crippen LogP contribution in [0.2, 0.25) is 0 Å². The molecule has 1 aromatic heterocycles. The summed E-state index contributed by atoms with van der Waals surface area (Å²) in [7, 11) is 0. The molecule has 1 aliphatic rings. The molecule has 0 unspecified atom stereocenters. The van der Waals surface area contributed by atoms with Crippen molar-refractivity contribution in [2.24, 2.45) is 5.92 Å². The number of nitrogens with zero attached hydrogens (tertiary/aromatic N) is 2. The summed E-state index contributed by atoms with van der Waals surface area (Å²) in [5.74, 6) is 1.47. The van der Waals surface area contributed by atoms with Gasteiger partial charge in [-0.25, -0.2) is 9.78 Å². The van der Waals surface area contributed by atoms with E-state index in [-0.39, 0.29) is 6.09 Å². The number of carbonyl (C=O) groups excluding carboxylic acids is 1. The topological polar surface area (TPSA) is 42.4 Å². The molecule has 1 fully saturated rings. The number of hydrogen-bond donors (Lipinski definition) is 0. The van der Waals surface area contributed by atoms with Crippen LogP contribution in [0.15, 0.2) is 27.8 Å². The van der Waals surface area contributed by atoms with Gasteiger partial charge in [-0.1, -0.05) is 6.07 Å². The molecule has 2 heterocycles. The Morgan fingerprint density at radius 3 is 2.95 bits per heavy atom. The Hall–Kier alpha value is -0.750. The summed E-state index contributed by atoms with van der Waals surface area (Å²) in [5.41, 5.74) is -0.432. The Balaban J connectivity index is 1.84. The molecule has 0 spiro atoms. The van der Waals surface area contributed by atoms with E-state index in [1.807, 2.05) is 43.9 Å². The molecule has 122 valence electrons. The van der Waals surface area contributed by atoms with Crippen molar-refractivity contribution in [1.29, 1.82) is 0 Å². The number of rotatable bonds is 3.